The van der Waals surface area contributed by atoms with Crippen molar-refractivity contribution < 1.29 is 9.53 Å². The summed E-state index contributed by atoms with van der Waals surface area (Å²) >= 11 is 9.27. The predicted octanol–water partition coefficient (Wildman–Crippen LogP) is 1.87. The van der Waals surface area contributed by atoms with Crippen molar-refractivity contribution in [2.75, 3.05) is 18.1 Å². The van der Waals surface area contributed by atoms with E-state index in [0.717, 1.165) is 15.9 Å². The molecule has 6 heteroatoms. The van der Waals surface area contributed by atoms with Crippen LogP contribution in [-0.4, -0.2) is 27.9 Å². The predicted molar refractivity (Wildman–Crippen MR) is 56.6 cm³/mol. The molecule has 1 heterocycles. The van der Waals surface area contributed by atoms with Crippen LogP contribution in [0.2, 0.25) is 0 Å². The Balaban J connectivity index is 2.12. The SMILES string of the molecule is O=C(OCC1CCSC1)N(S)S. The van der Waals surface area contributed by atoms with Crippen molar-refractivity contribution in [2.24, 2.45) is 5.92 Å². The van der Waals surface area contributed by atoms with Crippen LogP contribution in [0.15, 0.2) is 0 Å². The second-order valence-corrected chi connectivity index (χ2v) is 4.86. The molecule has 0 aromatic rings. The summed E-state index contributed by atoms with van der Waals surface area (Å²) in [5, 5.41) is 0. The summed E-state index contributed by atoms with van der Waals surface area (Å²) < 4.78 is 5.76. The molecule has 1 aliphatic heterocycles. The number of thiol groups is 2. The molecule has 0 radical (unpaired) electrons. The van der Waals surface area contributed by atoms with Gasteiger partial charge in [0, 0.05) is 5.92 Å². The third kappa shape index (κ3) is 3.37. The number of carbonyl (C=O) groups is 1. The lowest BCUT2D eigenvalue weighted by Crippen LogP contribution is -2.18. The maximum atomic E-state index is 10.8. The van der Waals surface area contributed by atoms with Gasteiger partial charge in [-0.05, 0) is 43.6 Å². The average molecular weight is 225 g/mol. The van der Waals surface area contributed by atoms with Gasteiger partial charge in [0.1, 0.15) is 0 Å². The van der Waals surface area contributed by atoms with Crippen molar-refractivity contribution in [1.82, 2.24) is 3.71 Å². The van der Waals surface area contributed by atoms with E-state index < -0.39 is 6.09 Å². The molecule has 0 aromatic heterocycles. The number of thioether (sulfide) groups is 1. The van der Waals surface area contributed by atoms with Gasteiger partial charge in [-0.3, -0.25) is 0 Å². The minimum absolute atomic E-state index is 0.490. The highest BCUT2D eigenvalue weighted by atomic mass is 32.2. The maximum absolute atomic E-state index is 10.8. The molecule has 1 unspecified atom stereocenters. The summed E-state index contributed by atoms with van der Waals surface area (Å²) in [7, 11) is 0. The van der Waals surface area contributed by atoms with E-state index >= 15 is 0 Å². The minimum Gasteiger partial charge on any atom is -0.448 e. The third-order valence-corrected chi connectivity index (χ3v) is 3.19. The van der Waals surface area contributed by atoms with Crippen LogP contribution >= 0.6 is 37.4 Å². The fourth-order valence-corrected chi connectivity index (χ4v) is 2.34. The van der Waals surface area contributed by atoms with Crippen molar-refractivity contribution in [3.63, 3.8) is 0 Å². The van der Waals surface area contributed by atoms with E-state index in [1.165, 1.54) is 5.75 Å². The van der Waals surface area contributed by atoms with Gasteiger partial charge in [0.25, 0.3) is 0 Å². The minimum atomic E-state index is -0.501. The van der Waals surface area contributed by atoms with Crippen molar-refractivity contribution in [1.29, 1.82) is 0 Å². The molecule has 3 nitrogen and oxygen atoms in total. The highest BCUT2D eigenvalue weighted by Gasteiger charge is 2.18. The van der Waals surface area contributed by atoms with Gasteiger partial charge < -0.3 is 4.74 Å². The molecule has 1 fully saturated rings. The molecule has 0 saturated carbocycles. The molecule has 0 N–H and O–H groups in total. The summed E-state index contributed by atoms with van der Waals surface area (Å²) in [5.74, 6) is 2.78. The number of hydrogen-bond acceptors (Lipinski definition) is 5. The van der Waals surface area contributed by atoms with Crippen molar-refractivity contribution >= 4 is 43.5 Å². The number of ether oxygens (including phenoxy) is 1. The normalized spacial score (nSPS) is 22.3. The van der Waals surface area contributed by atoms with E-state index in [9.17, 15) is 4.79 Å². The molecule has 0 aliphatic carbocycles. The smallest absolute Gasteiger partial charge is 0.429 e. The van der Waals surface area contributed by atoms with Crippen LogP contribution < -0.4 is 0 Å². The van der Waals surface area contributed by atoms with E-state index in [1.54, 1.807) is 0 Å². The Morgan fingerprint density at radius 3 is 2.92 bits per heavy atom. The molecule has 1 saturated heterocycles. The van der Waals surface area contributed by atoms with Crippen LogP contribution in [0.25, 0.3) is 0 Å². The summed E-state index contributed by atoms with van der Waals surface area (Å²) in [6.07, 6.45) is 0.635. The molecule has 1 amide bonds. The van der Waals surface area contributed by atoms with Crippen LogP contribution in [0.5, 0.6) is 0 Å². The Bertz CT molecular complexity index is 159. The Hall–Kier alpha value is 0.320. The van der Waals surface area contributed by atoms with Gasteiger partial charge in [-0.25, -0.2) is 4.79 Å². The fourth-order valence-electron chi connectivity index (χ4n) is 0.962. The second-order valence-electron chi connectivity index (χ2n) is 2.60. The molecule has 12 heavy (non-hydrogen) atoms. The number of amides is 1. The lowest BCUT2D eigenvalue weighted by atomic mass is 10.1. The van der Waals surface area contributed by atoms with E-state index in [0.29, 0.717) is 12.5 Å². The lowest BCUT2D eigenvalue weighted by Gasteiger charge is -2.11. The standard InChI is InChI=1S/C6H11NO2S3/c8-6(7(10)11)9-3-5-1-2-12-4-5/h5,10-11H,1-4H2. The molecular formula is C6H11NO2S3. The van der Waals surface area contributed by atoms with Gasteiger partial charge in [-0.1, -0.05) is 0 Å². The molecule has 1 atom stereocenters. The van der Waals surface area contributed by atoms with E-state index in [2.05, 4.69) is 25.6 Å². The Morgan fingerprint density at radius 2 is 2.42 bits per heavy atom. The van der Waals surface area contributed by atoms with Gasteiger partial charge in [-0.2, -0.15) is 15.5 Å². The summed E-state index contributed by atoms with van der Waals surface area (Å²) in [6, 6.07) is 0. The Labute approximate surface area is 87.3 Å². The largest absolute Gasteiger partial charge is 0.448 e. The topological polar surface area (TPSA) is 29.5 Å². The van der Waals surface area contributed by atoms with E-state index in [1.807, 2.05) is 11.8 Å². The van der Waals surface area contributed by atoms with E-state index in [-0.39, 0.29) is 0 Å². The van der Waals surface area contributed by atoms with Crippen LogP contribution in [0, 0.1) is 5.92 Å². The molecule has 1 aliphatic rings. The van der Waals surface area contributed by atoms with Gasteiger partial charge >= 0.3 is 6.09 Å². The number of nitrogens with zero attached hydrogens (tertiary/aromatic N) is 1. The van der Waals surface area contributed by atoms with Gasteiger partial charge in [0.15, 0.2) is 0 Å². The zero-order valence-electron chi connectivity index (χ0n) is 6.47. The first-order valence-corrected chi connectivity index (χ1v) is 5.58. The molecule has 70 valence electrons. The highest BCUT2D eigenvalue weighted by molar-refractivity contribution is 7.99. The van der Waals surface area contributed by atoms with Gasteiger partial charge in [0.2, 0.25) is 0 Å². The summed E-state index contributed by atoms with van der Waals surface area (Å²) in [5.41, 5.74) is 0. The number of hydrogen-bond donors (Lipinski definition) is 2. The van der Waals surface area contributed by atoms with E-state index in [4.69, 9.17) is 4.74 Å². The zero-order valence-corrected chi connectivity index (χ0v) is 9.08. The monoisotopic (exact) mass is 225 g/mol. The highest BCUT2D eigenvalue weighted by Crippen LogP contribution is 2.23. The maximum Gasteiger partial charge on any atom is 0.429 e. The molecular weight excluding hydrogens is 214 g/mol. The Kier molecular flexibility index (Phi) is 4.45. The van der Waals surface area contributed by atoms with Crippen LogP contribution in [-0.2, 0) is 4.74 Å². The summed E-state index contributed by atoms with van der Waals surface area (Å²) in [4.78, 5) is 10.8. The van der Waals surface area contributed by atoms with Crippen LogP contribution in [0.1, 0.15) is 6.42 Å². The molecule has 0 spiro atoms. The van der Waals surface area contributed by atoms with Crippen molar-refractivity contribution in [3.8, 4) is 0 Å². The Morgan fingerprint density at radius 1 is 1.67 bits per heavy atom. The molecule has 0 bridgehead atoms. The first-order valence-electron chi connectivity index (χ1n) is 3.62. The average Bonchev–Trinajstić information content (AvgIpc) is 2.51. The van der Waals surface area contributed by atoms with Crippen molar-refractivity contribution in [3.05, 3.63) is 0 Å². The third-order valence-electron chi connectivity index (χ3n) is 1.63. The van der Waals surface area contributed by atoms with Gasteiger partial charge in [-0.15, -0.1) is 0 Å². The summed E-state index contributed by atoms with van der Waals surface area (Å²) in [6.45, 7) is 0.490. The van der Waals surface area contributed by atoms with Gasteiger partial charge in [0.05, 0.1) is 6.61 Å². The van der Waals surface area contributed by atoms with Crippen LogP contribution in [0.3, 0.4) is 0 Å². The number of carbonyl (C=O) groups excluding carboxylic acids is 1. The quantitative estimate of drug-likeness (QED) is 0.703. The first kappa shape index (κ1) is 10.4. The molecule has 0 aromatic carbocycles. The lowest BCUT2D eigenvalue weighted by molar-refractivity contribution is 0.128. The fraction of sp³-hybridized carbons (Fsp3) is 0.833. The van der Waals surface area contributed by atoms with Crippen molar-refractivity contribution in [2.45, 2.75) is 6.42 Å². The van der Waals surface area contributed by atoms with Crippen LogP contribution in [0.4, 0.5) is 4.79 Å². The second kappa shape index (κ2) is 5.14. The number of rotatable bonds is 2. The first-order chi connectivity index (χ1) is 5.70. The molecule has 1 rings (SSSR count). The zero-order chi connectivity index (χ0) is 8.97.